The smallest absolute Gasteiger partial charge is 0.257 e. The first kappa shape index (κ1) is 18.2. The molecule has 0 bridgehead atoms. The molecule has 1 aromatic heterocycles. The molecule has 0 saturated carbocycles. The number of anilines is 1. The number of aliphatic imine (C=N–C) groups is 1. The number of halogens is 1. The van der Waals surface area contributed by atoms with E-state index in [0.29, 0.717) is 23.0 Å². The summed E-state index contributed by atoms with van der Waals surface area (Å²) in [7, 11) is 0. The zero-order chi connectivity index (χ0) is 18.4. The van der Waals surface area contributed by atoms with Gasteiger partial charge < -0.3 is 15.0 Å². The van der Waals surface area contributed by atoms with E-state index in [1.807, 2.05) is 0 Å². The normalized spacial score (nSPS) is 17.6. The second-order valence-electron chi connectivity index (χ2n) is 5.86. The number of ether oxygens (including phenoxy) is 1. The van der Waals surface area contributed by atoms with Crippen LogP contribution in [-0.4, -0.2) is 36.1 Å². The van der Waals surface area contributed by atoms with Crippen LogP contribution in [0.5, 0.6) is 0 Å². The third kappa shape index (κ3) is 5.18. The summed E-state index contributed by atoms with van der Waals surface area (Å²) in [6.07, 6.45) is 1.78. The van der Waals surface area contributed by atoms with Crippen molar-refractivity contribution >= 4 is 29.3 Å². The summed E-state index contributed by atoms with van der Waals surface area (Å²) in [4.78, 5) is 31.2. The average molecular weight is 375 g/mol. The highest BCUT2D eigenvalue weighted by atomic mass is 35.5. The Morgan fingerprint density at radius 2 is 2.04 bits per heavy atom. The van der Waals surface area contributed by atoms with E-state index in [2.05, 4.69) is 20.6 Å². The largest absolute Gasteiger partial charge is 0.379 e. The number of rotatable bonds is 3. The summed E-state index contributed by atoms with van der Waals surface area (Å²) in [6.45, 7) is 1.21. The van der Waals surface area contributed by atoms with Crippen molar-refractivity contribution in [2.75, 3.05) is 18.5 Å². The number of nitrogens with zero attached hydrogens (tertiary/aromatic N) is 1. The molecule has 0 spiro atoms. The molecule has 3 rings (SSSR count). The highest BCUT2D eigenvalue weighted by molar-refractivity contribution is 6.30. The Kier molecular flexibility index (Phi) is 6.04. The van der Waals surface area contributed by atoms with E-state index in [4.69, 9.17) is 16.3 Å². The maximum Gasteiger partial charge on any atom is 0.257 e. The van der Waals surface area contributed by atoms with Crippen LogP contribution in [0.15, 0.2) is 52.3 Å². The van der Waals surface area contributed by atoms with Crippen molar-refractivity contribution in [3.63, 3.8) is 0 Å². The molecule has 1 amide bonds. The minimum absolute atomic E-state index is 0.0628. The first-order chi connectivity index (χ1) is 12.6. The van der Waals surface area contributed by atoms with Gasteiger partial charge in [0.25, 0.3) is 5.91 Å². The van der Waals surface area contributed by atoms with Gasteiger partial charge in [0.15, 0.2) is 0 Å². The molecule has 1 saturated heterocycles. The minimum atomic E-state index is -0.331. The molecule has 1 unspecified atom stereocenters. The van der Waals surface area contributed by atoms with Gasteiger partial charge in [0, 0.05) is 23.3 Å². The number of carbonyl (C=O) groups is 1. The number of hydrogen-bond acceptors (Lipinski definition) is 4. The SMILES string of the molecule is O=C(NC(=NC1CCCOC1)Nc1cccc(=O)[nH]1)c1ccc(Cl)cc1. The van der Waals surface area contributed by atoms with Gasteiger partial charge in [-0.25, -0.2) is 4.99 Å². The fourth-order valence-electron chi connectivity index (χ4n) is 2.53. The molecule has 2 heterocycles. The van der Waals surface area contributed by atoms with E-state index >= 15 is 0 Å². The Morgan fingerprint density at radius 3 is 2.73 bits per heavy atom. The van der Waals surface area contributed by atoms with Gasteiger partial charge >= 0.3 is 0 Å². The van der Waals surface area contributed by atoms with Crippen LogP contribution in [0.2, 0.25) is 5.02 Å². The summed E-state index contributed by atoms with van der Waals surface area (Å²) in [6, 6.07) is 11.2. The fourth-order valence-corrected chi connectivity index (χ4v) is 2.66. The molecule has 0 radical (unpaired) electrons. The predicted molar refractivity (Wildman–Crippen MR) is 101 cm³/mol. The first-order valence-electron chi connectivity index (χ1n) is 8.29. The van der Waals surface area contributed by atoms with E-state index in [-0.39, 0.29) is 23.5 Å². The fraction of sp³-hybridized carbons (Fsp3) is 0.278. The van der Waals surface area contributed by atoms with Crippen LogP contribution < -0.4 is 16.2 Å². The second kappa shape index (κ2) is 8.64. The van der Waals surface area contributed by atoms with Gasteiger partial charge in [0.2, 0.25) is 11.5 Å². The van der Waals surface area contributed by atoms with Gasteiger partial charge in [-0.15, -0.1) is 0 Å². The lowest BCUT2D eigenvalue weighted by molar-refractivity contribution is 0.0826. The highest BCUT2D eigenvalue weighted by Gasteiger charge is 2.16. The van der Waals surface area contributed by atoms with Crippen LogP contribution in [-0.2, 0) is 4.74 Å². The van der Waals surface area contributed by atoms with Crippen molar-refractivity contribution in [3.8, 4) is 0 Å². The lowest BCUT2D eigenvalue weighted by Crippen LogP contribution is -2.38. The number of nitrogens with one attached hydrogen (secondary N) is 3. The summed E-state index contributed by atoms with van der Waals surface area (Å²) >= 11 is 5.86. The zero-order valence-corrected chi connectivity index (χ0v) is 14.8. The van der Waals surface area contributed by atoms with Crippen LogP contribution in [0.4, 0.5) is 5.82 Å². The summed E-state index contributed by atoms with van der Waals surface area (Å²) in [5.41, 5.74) is 0.199. The van der Waals surface area contributed by atoms with Crippen molar-refractivity contribution in [3.05, 3.63) is 63.4 Å². The lowest BCUT2D eigenvalue weighted by atomic mass is 10.1. The maximum absolute atomic E-state index is 12.5. The van der Waals surface area contributed by atoms with E-state index < -0.39 is 0 Å². The Bertz CT molecular complexity index is 842. The van der Waals surface area contributed by atoms with E-state index in [1.54, 1.807) is 36.4 Å². The molecular formula is C18H19ClN4O3. The molecule has 8 heteroatoms. The minimum Gasteiger partial charge on any atom is -0.379 e. The third-order valence-corrected chi connectivity index (χ3v) is 4.06. The van der Waals surface area contributed by atoms with Crippen molar-refractivity contribution in [1.82, 2.24) is 10.3 Å². The van der Waals surface area contributed by atoms with Crippen molar-refractivity contribution in [2.45, 2.75) is 18.9 Å². The molecular weight excluding hydrogens is 356 g/mol. The van der Waals surface area contributed by atoms with Gasteiger partial charge in [0.1, 0.15) is 5.82 Å². The predicted octanol–water partition coefficient (Wildman–Crippen LogP) is 2.41. The van der Waals surface area contributed by atoms with Crippen LogP contribution in [0.25, 0.3) is 0 Å². The topological polar surface area (TPSA) is 95.6 Å². The second-order valence-corrected chi connectivity index (χ2v) is 6.30. The maximum atomic E-state index is 12.5. The number of hydrogen-bond donors (Lipinski definition) is 3. The number of guanidine groups is 1. The van der Waals surface area contributed by atoms with Crippen LogP contribution in [0.3, 0.4) is 0 Å². The van der Waals surface area contributed by atoms with Crippen LogP contribution >= 0.6 is 11.6 Å². The van der Waals surface area contributed by atoms with E-state index in [1.165, 1.54) is 6.07 Å². The number of carbonyl (C=O) groups excluding carboxylic acids is 1. The first-order valence-corrected chi connectivity index (χ1v) is 8.67. The monoisotopic (exact) mass is 374 g/mol. The van der Waals surface area contributed by atoms with E-state index in [0.717, 1.165) is 19.4 Å². The molecule has 136 valence electrons. The molecule has 7 nitrogen and oxygen atoms in total. The molecule has 0 aliphatic carbocycles. The number of pyridine rings is 1. The molecule has 26 heavy (non-hydrogen) atoms. The van der Waals surface area contributed by atoms with Gasteiger partial charge in [-0.05, 0) is 43.2 Å². The standard InChI is InChI=1S/C18H19ClN4O3/c19-13-8-6-12(7-9-13)17(25)23-18(20-14-3-2-10-26-11-14)22-15-4-1-5-16(24)21-15/h1,4-9,14H,2-3,10-11H2,(H3,20,21,22,23,24,25). The molecule has 1 aliphatic rings. The van der Waals surface area contributed by atoms with Gasteiger partial charge in [-0.2, -0.15) is 0 Å². The number of benzene rings is 1. The molecule has 1 atom stereocenters. The Labute approximate surface area is 155 Å². The number of H-pyrrole nitrogens is 1. The average Bonchev–Trinajstić information content (AvgIpc) is 2.63. The Hall–Kier alpha value is -2.64. The zero-order valence-electron chi connectivity index (χ0n) is 14.0. The Balaban J connectivity index is 1.79. The van der Waals surface area contributed by atoms with Gasteiger partial charge in [0.05, 0.1) is 12.6 Å². The van der Waals surface area contributed by atoms with Gasteiger partial charge in [-0.3, -0.25) is 14.9 Å². The van der Waals surface area contributed by atoms with Crippen molar-refractivity contribution in [2.24, 2.45) is 4.99 Å². The summed E-state index contributed by atoms with van der Waals surface area (Å²) in [5, 5.41) is 6.26. The van der Waals surface area contributed by atoms with Crippen LogP contribution in [0.1, 0.15) is 23.2 Å². The molecule has 2 aromatic rings. The molecule has 3 N–H and O–H groups in total. The van der Waals surface area contributed by atoms with Crippen molar-refractivity contribution < 1.29 is 9.53 Å². The molecule has 1 aliphatic heterocycles. The quantitative estimate of drug-likeness (QED) is 0.568. The molecule has 1 aromatic carbocycles. The van der Waals surface area contributed by atoms with Crippen LogP contribution in [0, 0.1) is 0 Å². The number of amides is 1. The Morgan fingerprint density at radius 1 is 1.23 bits per heavy atom. The number of aromatic nitrogens is 1. The number of aromatic amines is 1. The molecule has 1 fully saturated rings. The lowest BCUT2D eigenvalue weighted by Gasteiger charge is -2.20. The van der Waals surface area contributed by atoms with Gasteiger partial charge in [-0.1, -0.05) is 17.7 Å². The summed E-state index contributed by atoms with van der Waals surface area (Å²) < 4.78 is 5.44. The van der Waals surface area contributed by atoms with Crippen molar-refractivity contribution in [1.29, 1.82) is 0 Å². The summed E-state index contributed by atoms with van der Waals surface area (Å²) in [5.74, 6) is 0.356. The third-order valence-electron chi connectivity index (χ3n) is 3.81. The van der Waals surface area contributed by atoms with E-state index in [9.17, 15) is 9.59 Å². The highest BCUT2D eigenvalue weighted by Crippen LogP contribution is 2.11.